The van der Waals surface area contributed by atoms with Crippen molar-refractivity contribution < 1.29 is 0 Å². The molecule has 0 aromatic heterocycles. The molecule has 1 aliphatic rings. The van der Waals surface area contributed by atoms with Crippen LogP contribution in [0.15, 0.2) is 18.2 Å². The Morgan fingerprint density at radius 2 is 2.13 bits per heavy atom. The van der Waals surface area contributed by atoms with Gasteiger partial charge in [-0.3, -0.25) is 0 Å². The van der Waals surface area contributed by atoms with Crippen molar-refractivity contribution in [3.8, 4) is 0 Å². The van der Waals surface area contributed by atoms with Crippen LogP contribution in [0.2, 0.25) is 5.02 Å². The lowest BCUT2D eigenvalue weighted by atomic mass is 10.0. The Bertz CT molecular complexity index is 342. The van der Waals surface area contributed by atoms with E-state index in [0.717, 1.165) is 17.6 Å². The summed E-state index contributed by atoms with van der Waals surface area (Å²) in [5.41, 5.74) is 2.53. The third kappa shape index (κ3) is 2.96. The second-order valence-corrected chi connectivity index (χ2v) is 5.07. The van der Waals surface area contributed by atoms with Gasteiger partial charge in [0.25, 0.3) is 0 Å². The molecule has 0 amide bonds. The zero-order valence-electron chi connectivity index (χ0n) is 9.39. The summed E-state index contributed by atoms with van der Waals surface area (Å²) in [6, 6.07) is 7.17. The third-order valence-electron chi connectivity index (χ3n) is 2.86. The van der Waals surface area contributed by atoms with E-state index < -0.39 is 0 Å². The fourth-order valence-corrected chi connectivity index (χ4v) is 2.12. The molecule has 0 radical (unpaired) electrons. The van der Waals surface area contributed by atoms with Gasteiger partial charge in [0.2, 0.25) is 0 Å². The van der Waals surface area contributed by atoms with Gasteiger partial charge in [-0.1, -0.05) is 37.6 Å². The van der Waals surface area contributed by atoms with Gasteiger partial charge >= 0.3 is 0 Å². The summed E-state index contributed by atoms with van der Waals surface area (Å²) in [5, 5.41) is 4.39. The van der Waals surface area contributed by atoms with Crippen LogP contribution in [-0.4, -0.2) is 6.04 Å². The molecular weight excluding hydrogens is 206 g/mol. The molecule has 0 aliphatic heterocycles. The van der Waals surface area contributed by atoms with Crippen LogP contribution in [0.4, 0.5) is 0 Å². The second-order valence-electron chi connectivity index (χ2n) is 4.67. The van der Waals surface area contributed by atoms with E-state index in [2.05, 4.69) is 37.4 Å². The largest absolute Gasteiger partial charge is 0.310 e. The summed E-state index contributed by atoms with van der Waals surface area (Å²) in [6.07, 6.45) is 2.66. The molecule has 0 unspecified atom stereocenters. The van der Waals surface area contributed by atoms with Gasteiger partial charge < -0.3 is 5.32 Å². The highest BCUT2D eigenvalue weighted by Crippen LogP contribution is 2.25. The maximum atomic E-state index is 6.23. The van der Waals surface area contributed by atoms with Gasteiger partial charge in [-0.2, -0.15) is 0 Å². The molecule has 82 valence electrons. The van der Waals surface area contributed by atoms with E-state index in [4.69, 9.17) is 11.6 Å². The van der Waals surface area contributed by atoms with Crippen LogP contribution in [-0.2, 0) is 6.54 Å². The lowest BCUT2D eigenvalue weighted by Crippen LogP contribution is -2.15. The van der Waals surface area contributed by atoms with E-state index in [0.29, 0.717) is 5.92 Å². The molecule has 15 heavy (non-hydrogen) atoms. The van der Waals surface area contributed by atoms with Crippen molar-refractivity contribution in [1.29, 1.82) is 0 Å². The van der Waals surface area contributed by atoms with Crippen LogP contribution < -0.4 is 5.32 Å². The highest BCUT2D eigenvalue weighted by Gasteiger charge is 2.20. The summed E-state index contributed by atoms with van der Waals surface area (Å²) in [4.78, 5) is 0. The Hall–Kier alpha value is -0.530. The first-order chi connectivity index (χ1) is 7.16. The first-order valence-corrected chi connectivity index (χ1v) is 6.06. The number of nitrogens with one attached hydrogen (secondary N) is 1. The van der Waals surface area contributed by atoms with Crippen molar-refractivity contribution in [2.75, 3.05) is 0 Å². The van der Waals surface area contributed by atoms with Gasteiger partial charge in [0, 0.05) is 17.6 Å². The van der Waals surface area contributed by atoms with Crippen LogP contribution in [0.1, 0.15) is 43.7 Å². The normalized spacial score (nSPS) is 16.0. The molecule has 0 heterocycles. The van der Waals surface area contributed by atoms with Crippen LogP contribution in [0.25, 0.3) is 0 Å². The number of halogens is 1. The highest BCUT2D eigenvalue weighted by atomic mass is 35.5. The fourth-order valence-electron chi connectivity index (χ4n) is 1.70. The van der Waals surface area contributed by atoms with Gasteiger partial charge in [0.1, 0.15) is 0 Å². The number of rotatable bonds is 4. The summed E-state index contributed by atoms with van der Waals surface area (Å²) in [5.74, 6) is 0.503. The fraction of sp³-hybridized carbons (Fsp3) is 0.538. The van der Waals surface area contributed by atoms with Crippen LogP contribution in [0.5, 0.6) is 0 Å². The Labute approximate surface area is 96.8 Å². The maximum absolute atomic E-state index is 6.23. The van der Waals surface area contributed by atoms with Crippen molar-refractivity contribution >= 4 is 11.6 Å². The van der Waals surface area contributed by atoms with E-state index in [1.165, 1.54) is 24.0 Å². The lowest BCUT2D eigenvalue weighted by molar-refractivity contribution is 0.687. The van der Waals surface area contributed by atoms with Crippen LogP contribution >= 0.6 is 11.6 Å². The Morgan fingerprint density at radius 1 is 1.40 bits per heavy atom. The van der Waals surface area contributed by atoms with Gasteiger partial charge in [-0.25, -0.2) is 0 Å². The number of hydrogen-bond donors (Lipinski definition) is 1. The molecule has 1 aromatic rings. The zero-order chi connectivity index (χ0) is 10.8. The molecule has 0 spiro atoms. The molecule has 2 heteroatoms. The topological polar surface area (TPSA) is 12.0 Å². The molecule has 1 fully saturated rings. The molecule has 1 nitrogen and oxygen atoms in total. The molecular formula is C13H18ClN. The van der Waals surface area contributed by atoms with E-state index in [1.807, 2.05) is 0 Å². The summed E-state index contributed by atoms with van der Waals surface area (Å²) >= 11 is 6.23. The Balaban J connectivity index is 2.03. The molecule has 2 rings (SSSR count). The molecule has 0 saturated heterocycles. The third-order valence-corrected chi connectivity index (χ3v) is 3.19. The molecule has 0 bridgehead atoms. The van der Waals surface area contributed by atoms with Crippen LogP contribution in [0, 0.1) is 0 Å². The maximum Gasteiger partial charge on any atom is 0.0443 e. The van der Waals surface area contributed by atoms with Crippen molar-refractivity contribution in [3.05, 3.63) is 34.3 Å². The second kappa shape index (κ2) is 4.54. The monoisotopic (exact) mass is 223 g/mol. The molecule has 1 saturated carbocycles. The van der Waals surface area contributed by atoms with E-state index in [-0.39, 0.29) is 0 Å². The summed E-state index contributed by atoms with van der Waals surface area (Å²) in [7, 11) is 0. The standard InChI is InChI=1S/C13H18ClN/c1-9(2)12-6-3-10(7-13(12)14)8-15-11-4-5-11/h3,6-7,9,11,15H,4-5,8H2,1-2H3. The van der Waals surface area contributed by atoms with E-state index in [9.17, 15) is 0 Å². The van der Waals surface area contributed by atoms with Crippen molar-refractivity contribution in [2.24, 2.45) is 0 Å². The highest BCUT2D eigenvalue weighted by molar-refractivity contribution is 6.31. The predicted molar refractivity (Wildman–Crippen MR) is 65.4 cm³/mol. The van der Waals surface area contributed by atoms with Gasteiger partial charge in [0.15, 0.2) is 0 Å². The Kier molecular flexibility index (Phi) is 3.32. The SMILES string of the molecule is CC(C)c1ccc(CNC2CC2)cc1Cl. The van der Waals surface area contributed by atoms with Crippen LogP contribution in [0.3, 0.4) is 0 Å². The minimum Gasteiger partial charge on any atom is -0.310 e. The van der Waals surface area contributed by atoms with Gasteiger partial charge in [0.05, 0.1) is 0 Å². The Morgan fingerprint density at radius 3 is 2.67 bits per heavy atom. The minimum absolute atomic E-state index is 0.503. The van der Waals surface area contributed by atoms with Crippen molar-refractivity contribution in [1.82, 2.24) is 5.32 Å². The molecule has 1 aliphatic carbocycles. The van der Waals surface area contributed by atoms with Gasteiger partial charge in [-0.15, -0.1) is 0 Å². The quantitative estimate of drug-likeness (QED) is 0.821. The molecule has 0 atom stereocenters. The summed E-state index contributed by atoms with van der Waals surface area (Å²) < 4.78 is 0. The molecule has 1 aromatic carbocycles. The first kappa shape index (κ1) is 11.0. The van der Waals surface area contributed by atoms with E-state index in [1.54, 1.807) is 0 Å². The zero-order valence-corrected chi connectivity index (χ0v) is 10.1. The number of benzene rings is 1. The van der Waals surface area contributed by atoms with Gasteiger partial charge in [-0.05, 0) is 36.0 Å². The average molecular weight is 224 g/mol. The van der Waals surface area contributed by atoms with Crippen molar-refractivity contribution in [2.45, 2.75) is 45.2 Å². The predicted octanol–water partition coefficient (Wildman–Crippen LogP) is 3.72. The van der Waals surface area contributed by atoms with Crippen molar-refractivity contribution in [3.63, 3.8) is 0 Å². The average Bonchev–Trinajstić information content (AvgIpc) is 2.97. The smallest absolute Gasteiger partial charge is 0.0443 e. The summed E-state index contributed by atoms with van der Waals surface area (Å²) in [6.45, 7) is 5.29. The first-order valence-electron chi connectivity index (χ1n) is 5.68. The number of hydrogen-bond acceptors (Lipinski definition) is 1. The minimum atomic E-state index is 0.503. The molecule has 1 N–H and O–H groups in total. The lowest BCUT2D eigenvalue weighted by Gasteiger charge is -2.10. The van der Waals surface area contributed by atoms with E-state index >= 15 is 0 Å².